The standard InChI is InChI=1S/C14H18N6O3S/c1-9(2)8-19-14(16-17-18-19)24-10(3)13(21)15-11-5-4-6-12(7-11)20(22)23/h4-7,9-10H,8H2,1-3H3,(H,15,21). The Hall–Kier alpha value is -2.49. The van der Waals surface area contributed by atoms with Crippen LogP contribution in [-0.2, 0) is 11.3 Å². The van der Waals surface area contributed by atoms with Crippen LogP contribution in [0.15, 0.2) is 29.4 Å². The number of non-ortho nitro benzene ring substituents is 1. The highest BCUT2D eigenvalue weighted by molar-refractivity contribution is 8.00. The van der Waals surface area contributed by atoms with E-state index in [0.717, 1.165) is 0 Å². The van der Waals surface area contributed by atoms with Crippen LogP contribution >= 0.6 is 11.8 Å². The first kappa shape index (κ1) is 17.9. The number of hydrogen-bond donors (Lipinski definition) is 1. The van der Waals surface area contributed by atoms with Crippen molar-refractivity contribution < 1.29 is 9.72 Å². The quantitative estimate of drug-likeness (QED) is 0.463. The summed E-state index contributed by atoms with van der Waals surface area (Å²) in [6, 6.07) is 5.81. The fourth-order valence-electron chi connectivity index (χ4n) is 1.89. The third kappa shape index (κ3) is 4.75. The van der Waals surface area contributed by atoms with E-state index in [1.165, 1.54) is 30.0 Å². The number of hydrogen-bond acceptors (Lipinski definition) is 7. The van der Waals surface area contributed by atoms with Crippen molar-refractivity contribution in [3.8, 4) is 0 Å². The molecule has 0 aliphatic heterocycles. The summed E-state index contributed by atoms with van der Waals surface area (Å²) in [5, 5.41) is 25.0. The van der Waals surface area contributed by atoms with Crippen molar-refractivity contribution in [1.82, 2.24) is 20.2 Å². The molecule has 1 amide bonds. The first-order chi connectivity index (χ1) is 11.4. The van der Waals surface area contributed by atoms with Crippen LogP contribution in [0.4, 0.5) is 11.4 Å². The zero-order valence-corrected chi connectivity index (χ0v) is 14.4. The van der Waals surface area contributed by atoms with Gasteiger partial charge in [0.1, 0.15) is 0 Å². The van der Waals surface area contributed by atoms with Gasteiger partial charge in [0.15, 0.2) is 0 Å². The van der Waals surface area contributed by atoms with E-state index < -0.39 is 10.2 Å². The number of aromatic nitrogens is 4. The first-order valence-electron chi connectivity index (χ1n) is 7.35. The molecule has 1 unspecified atom stereocenters. The van der Waals surface area contributed by atoms with Gasteiger partial charge < -0.3 is 5.32 Å². The Morgan fingerprint density at radius 1 is 1.42 bits per heavy atom. The van der Waals surface area contributed by atoms with E-state index in [1.807, 2.05) is 0 Å². The molecule has 0 fully saturated rings. The molecule has 0 saturated carbocycles. The van der Waals surface area contributed by atoms with E-state index in [2.05, 4.69) is 34.7 Å². The van der Waals surface area contributed by atoms with Crippen molar-refractivity contribution in [2.24, 2.45) is 5.92 Å². The van der Waals surface area contributed by atoms with Crippen LogP contribution in [-0.4, -0.2) is 36.3 Å². The third-order valence-electron chi connectivity index (χ3n) is 3.01. The number of nitro benzene ring substituents is 1. The smallest absolute Gasteiger partial charge is 0.271 e. The number of nitro groups is 1. The van der Waals surface area contributed by atoms with Gasteiger partial charge in [-0.25, -0.2) is 4.68 Å². The lowest BCUT2D eigenvalue weighted by Crippen LogP contribution is -2.23. The van der Waals surface area contributed by atoms with Crippen LogP contribution in [0.5, 0.6) is 0 Å². The van der Waals surface area contributed by atoms with Gasteiger partial charge in [-0.15, -0.1) is 5.10 Å². The van der Waals surface area contributed by atoms with Crippen LogP contribution in [0.1, 0.15) is 20.8 Å². The molecule has 0 aliphatic rings. The minimum absolute atomic E-state index is 0.0750. The van der Waals surface area contributed by atoms with E-state index in [0.29, 0.717) is 23.3 Å². The second kappa shape index (κ2) is 7.86. The summed E-state index contributed by atoms with van der Waals surface area (Å²) in [6.07, 6.45) is 0. The van der Waals surface area contributed by atoms with Crippen LogP contribution in [0.2, 0.25) is 0 Å². The maximum Gasteiger partial charge on any atom is 0.271 e. The second-order valence-electron chi connectivity index (χ2n) is 5.59. The number of thioether (sulfide) groups is 1. The van der Waals surface area contributed by atoms with E-state index in [-0.39, 0.29) is 11.6 Å². The van der Waals surface area contributed by atoms with Gasteiger partial charge in [0.2, 0.25) is 11.1 Å². The van der Waals surface area contributed by atoms with E-state index in [9.17, 15) is 14.9 Å². The zero-order chi connectivity index (χ0) is 17.7. The summed E-state index contributed by atoms with van der Waals surface area (Å²) < 4.78 is 1.66. The lowest BCUT2D eigenvalue weighted by molar-refractivity contribution is -0.384. The Balaban J connectivity index is 2.01. The van der Waals surface area contributed by atoms with Gasteiger partial charge in [0.25, 0.3) is 5.69 Å². The molecule has 1 aromatic carbocycles. The molecule has 128 valence electrons. The molecule has 1 N–H and O–H groups in total. The Morgan fingerprint density at radius 3 is 2.83 bits per heavy atom. The van der Waals surface area contributed by atoms with Crippen molar-refractivity contribution in [3.05, 3.63) is 34.4 Å². The van der Waals surface area contributed by atoms with Gasteiger partial charge in [0.05, 0.1) is 10.2 Å². The maximum absolute atomic E-state index is 12.3. The minimum atomic E-state index is -0.506. The van der Waals surface area contributed by atoms with Gasteiger partial charge in [0, 0.05) is 24.4 Å². The van der Waals surface area contributed by atoms with Crippen LogP contribution in [0.3, 0.4) is 0 Å². The molecule has 10 heteroatoms. The SMILES string of the molecule is CC(C)Cn1nnnc1SC(C)C(=O)Nc1cccc([N+](=O)[O-])c1. The normalized spacial score (nSPS) is 12.2. The summed E-state index contributed by atoms with van der Waals surface area (Å²) in [7, 11) is 0. The topological polar surface area (TPSA) is 116 Å². The van der Waals surface area contributed by atoms with Crippen molar-refractivity contribution in [2.45, 2.75) is 37.7 Å². The molecule has 24 heavy (non-hydrogen) atoms. The molecule has 9 nitrogen and oxygen atoms in total. The molecular formula is C14H18N6O3S. The summed E-state index contributed by atoms with van der Waals surface area (Å²) in [6.45, 7) is 6.49. The van der Waals surface area contributed by atoms with Gasteiger partial charge in [-0.1, -0.05) is 31.7 Å². The van der Waals surface area contributed by atoms with E-state index in [4.69, 9.17) is 0 Å². The first-order valence-corrected chi connectivity index (χ1v) is 8.23. The molecule has 0 aliphatic carbocycles. The molecule has 1 aromatic heterocycles. The number of rotatable bonds is 7. The summed E-state index contributed by atoms with van der Waals surface area (Å²) in [4.78, 5) is 22.5. The average Bonchev–Trinajstić information content (AvgIpc) is 2.93. The second-order valence-corrected chi connectivity index (χ2v) is 6.90. The predicted octanol–water partition coefficient (Wildman–Crippen LogP) is 2.36. The number of nitrogens with one attached hydrogen (secondary N) is 1. The number of amides is 1. The summed E-state index contributed by atoms with van der Waals surface area (Å²) >= 11 is 1.24. The monoisotopic (exact) mass is 350 g/mol. The van der Waals surface area contributed by atoms with Crippen molar-refractivity contribution in [1.29, 1.82) is 0 Å². The minimum Gasteiger partial charge on any atom is -0.325 e. The van der Waals surface area contributed by atoms with Gasteiger partial charge >= 0.3 is 0 Å². The largest absolute Gasteiger partial charge is 0.325 e. The average molecular weight is 350 g/mol. The molecule has 0 bridgehead atoms. The Bertz CT molecular complexity index is 733. The van der Waals surface area contributed by atoms with E-state index in [1.54, 1.807) is 17.7 Å². The molecule has 0 saturated heterocycles. The molecule has 2 aromatic rings. The fraction of sp³-hybridized carbons (Fsp3) is 0.429. The number of benzene rings is 1. The Labute approximate surface area is 143 Å². The third-order valence-corrected chi connectivity index (χ3v) is 4.08. The molecular weight excluding hydrogens is 332 g/mol. The van der Waals surface area contributed by atoms with Gasteiger partial charge in [-0.05, 0) is 29.3 Å². The summed E-state index contributed by atoms with van der Waals surface area (Å²) in [5.74, 6) is 0.0986. The highest BCUT2D eigenvalue weighted by Crippen LogP contribution is 2.23. The molecule has 0 radical (unpaired) electrons. The molecule has 1 heterocycles. The van der Waals surface area contributed by atoms with Crippen LogP contribution in [0, 0.1) is 16.0 Å². The number of carbonyl (C=O) groups excluding carboxylic acids is 1. The van der Waals surface area contributed by atoms with E-state index >= 15 is 0 Å². The number of anilines is 1. The highest BCUT2D eigenvalue weighted by atomic mass is 32.2. The maximum atomic E-state index is 12.3. The van der Waals surface area contributed by atoms with Crippen molar-refractivity contribution in [2.75, 3.05) is 5.32 Å². The fourth-order valence-corrected chi connectivity index (χ4v) is 2.69. The zero-order valence-electron chi connectivity index (χ0n) is 13.5. The lowest BCUT2D eigenvalue weighted by Gasteiger charge is -2.12. The Kier molecular flexibility index (Phi) is 5.85. The summed E-state index contributed by atoms with van der Waals surface area (Å²) in [5.41, 5.74) is 0.303. The van der Waals surface area contributed by atoms with Crippen molar-refractivity contribution in [3.63, 3.8) is 0 Å². The van der Waals surface area contributed by atoms with Crippen LogP contribution in [0.25, 0.3) is 0 Å². The highest BCUT2D eigenvalue weighted by Gasteiger charge is 2.19. The predicted molar refractivity (Wildman–Crippen MR) is 89.7 cm³/mol. The molecule has 1 atom stereocenters. The molecule has 0 spiro atoms. The lowest BCUT2D eigenvalue weighted by atomic mass is 10.2. The molecule has 2 rings (SSSR count). The number of nitrogens with zero attached hydrogens (tertiary/aromatic N) is 5. The van der Waals surface area contributed by atoms with Crippen LogP contribution < -0.4 is 5.32 Å². The number of tetrazole rings is 1. The Morgan fingerprint density at radius 2 is 2.17 bits per heavy atom. The van der Waals surface area contributed by atoms with Gasteiger partial charge in [-0.3, -0.25) is 14.9 Å². The van der Waals surface area contributed by atoms with Gasteiger partial charge in [-0.2, -0.15) is 0 Å². The number of carbonyl (C=O) groups is 1. The van der Waals surface area contributed by atoms with Crippen molar-refractivity contribution >= 4 is 29.0 Å².